The van der Waals surface area contributed by atoms with Gasteiger partial charge in [-0.1, -0.05) is 96.8 Å². The number of esters is 1. The van der Waals surface area contributed by atoms with E-state index in [2.05, 4.69) is 6.92 Å². The Balaban J connectivity index is 2.24. The maximum Gasteiger partial charge on any atom is 0.305 e. The van der Waals surface area contributed by atoms with Gasteiger partial charge in [0.2, 0.25) is 0 Å². The van der Waals surface area contributed by atoms with Crippen LogP contribution >= 0.6 is 0 Å². The lowest BCUT2D eigenvalue weighted by molar-refractivity contribution is -0.327. The summed E-state index contributed by atoms with van der Waals surface area (Å²) in [6.07, 6.45) is 2.89. The van der Waals surface area contributed by atoms with Gasteiger partial charge in [0.25, 0.3) is 0 Å². The van der Waals surface area contributed by atoms with E-state index >= 15 is 0 Å². The van der Waals surface area contributed by atoms with Gasteiger partial charge in [-0.05, 0) is 6.42 Å². The minimum absolute atomic E-state index is 0.158. The molecule has 42 heavy (non-hydrogen) atoms. The highest BCUT2D eigenvalue weighted by atomic mass is 16.7. The van der Waals surface area contributed by atoms with Gasteiger partial charge in [-0.2, -0.15) is 0 Å². The fraction of sp³-hybridized carbons (Fsp3) is 0.967. The number of aliphatic hydroxyl groups excluding tert-OH is 8. The van der Waals surface area contributed by atoms with Crippen molar-refractivity contribution < 1.29 is 59.9 Å². The van der Waals surface area contributed by atoms with E-state index in [1.54, 1.807) is 0 Å². The average Bonchev–Trinajstić information content (AvgIpc) is 2.99. The quantitative estimate of drug-likeness (QED) is 0.0539. The Morgan fingerprint density at radius 2 is 1.21 bits per heavy atom. The summed E-state index contributed by atoms with van der Waals surface area (Å²) >= 11 is 0. The number of rotatable bonds is 25. The molecule has 12 nitrogen and oxygen atoms in total. The summed E-state index contributed by atoms with van der Waals surface area (Å²) in [5.74, 6) is -0.551. The van der Waals surface area contributed by atoms with E-state index < -0.39 is 80.9 Å². The fourth-order valence-corrected chi connectivity index (χ4v) is 5.05. The number of hydrogen-bond donors (Lipinski definition) is 8. The van der Waals surface area contributed by atoms with Crippen molar-refractivity contribution in [2.45, 2.75) is 165 Å². The van der Waals surface area contributed by atoms with Gasteiger partial charge < -0.3 is 55.1 Å². The van der Waals surface area contributed by atoms with Crippen molar-refractivity contribution in [3.05, 3.63) is 0 Å². The van der Waals surface area contributed by atoms with E-state index in [0.29, 0.717) is 6.42 Å². The molecular formula is C30H58O12. The molecule has 0 aliphatic carbocycles. The van der Waals surface area contributed by atoms with Gasteiger partial charge in [0.05, 0.1) is 13.2 Å². The first-order chi connectivity index (χ1) is 20.2. The number of carbonyl (C=O) groups excluding carboxylic acids is 1. The van der Waals surface area contributed by atoms with Gasteiger partial charge in [0.15, 0.2) is 6.29 Å². The molecule has 0 unspecified atom stereocenters. The molecule has 0 aromatic heterocycles. The molecule has 250 valence electrons. The van der Waals surface area contributed by atoms with Crippen LogP contribution in [0.15, 0.2) is 0 Å². The lowest BCUT2D eigenvalue weighted by atomic mass is 9.98. The molecule has 0 saturated carbocycles. The zero-order valence-electron chi connectivity index (χ0n) is 25.3. The summed E-state index contributed by atoms with van der Waals surface area (Å²) in [4.78, 5) is 12.1. The summed E-state index contributed by atoms with van der Waals surface area (Å²) in [5.41, 5.74) is 0. The van der Waals surface area contributed by atoms with Gasteiger partial charge in [-0.15, -0.1) is 0 Å². The molecule has 0 radical (unpaired) electrons. The number of ether oxygens (including phenoxy) is 3. The van der Waals surface area contributed by atoms with Gasteiger partial charge in [-0.25, -0.2) is 0 Å². The van der Waals surface area contributed by atoms with Crippen LogP contribution in [-0.2, 0) is 19.0 Å². The van der Waals surface area contributed by atoms with Crippen LogP contribution in [0.1, 0.15) is 110 Å². The number of aliphatic hydroxyl groups is 8. The molecule has 1 fully saturated rings. The highest BCUT2D eigenvalue weighted by Gasteiger charge is 2.46. The standard InChI is InChI=1S/C30H58O12/c1-2-3-4-5-6-7-8-9-10-11-12-13-14-15-16-17-24(35)40-20-22(34)25(36)29(21(33)18-31)42-30-28(39)27(38)26(37)23(19-32)41-30/h21-23,25-34,36-39H,2-20H2,1H3/t21-,22+,23-,25-,26+,27+,28-,29-,30+/m1/s1. The van der Waals surface area contributed by atoms with Crippen molar-refractivity contribution in [3.63, 3.8) is 0 Å². The minimum atomic E-state index is -1.89. The predicted octanol–water partition coefficient (Wildman–Crippen LogP) is 1.05. The smallest absolute Gasteiger partial charge is 0.305 e. The normalized spacial score (nSPS) is 25.6. The molecule has 12 heteroatoms. The largest absolute Gasteiger partial charge is 0.463 e. The Morgan fingerprint density at radius 3 is 1.69 bits per heavy atom. The molecule has 1 heterocycles. The topological polar surface area (TPSA) is 207 Å². The molecule has 1 rings (SSSR count). The van der Waals surface area contributed by atoms with Gasteiger partial charge in [0.1, 0.15) is 55.4 Å². The number of carbonyl (C=O) groups is 1. The van der Waals surface area contributed by atoms with Crippen LogP contribution in [0, 0.1) is 0 Å². The molecule has 0 aromatic carbocycles. The fourth-order valence-electron chi connectivity index (χ4n) is 5.05. The Kier molecular flexibility index (Phi) is 21.8. The van der Waals surface area contributed by atoms with E-state index in [4.69, 9.17) is 14.2 Å². The third kappa shape index (κ3) is 15.2. The van der Waals surface area contributed by atoms with Gasteiger partial charge >= 0.3 is 5.97 Å². The first kappa shape index (κ1) is 39.1. The van der Waals surface area contributed by atoms with Crippen LogP contribution in [0.2, 0.25) is 0 Å². The van der Waals surface area contributed by atoms with Crippen LogP contribution in [0.25, 0.3) is 0 Å². The molecule has 0 spiro atoms. The van der Waals surface area contributed by atoms with Crippen LogP contribution in [-0.4, -0.2) is 122 Å². The summed E-state index contributed by atoms with van der Waals surface area (Å²) < 4.78 is 15.6. The van der Waals surface area contributed by atoms with Crippen molar-refractivity contribution >= 4 is 5.97 Å². The summed E-state index contributed by atoms with van der Waals surface area (Å²) in [5, 5.41) is 79.6. The molecule has 0 amide bonds. The highest BCUT2D eigenvalue weighted by molar-refractivity contribution is 5.69. The van der Waals surface area contributed by atoms with Gasteiger partial charge in [0, 0.05) is 6.42 Å². The average molecular weight is 611 g/mol. The molecule has 1 saturated heterocycles. The van der Waals surface area contributed by atoms with Crippen LogP contribution in [0.4, 0.5) is 0 Å². The second-order valence-corrected chi connectivity index (χ2v) is 11.5. The lowest BCUT2D eigenvalue weighted by Gasteiger charge is -2.42. The monoisotopic (exact) mass is 610 g/mol. The van der Waals surface area contributed by atoms with Crippen molar-refractivity contribution in [2.75, 3.05) is 19.8 Å². The predicted molar refractivity (Wildman–Crippen MR) is 154 cm³/mol. The SMILES string of the molecule is CCCCCCCCCCCCCCCCCC(=O)OC[C@H](O)[C@@H](O)[C@H](O[C@@H]1O[C@H](CO)[C@H](O)[C@H](O)[C@H]1O)[C@H](O)CO. The lowest BCUT2D eigenvalue weighted by Crippen LogP contribution is -2.61. The Morgan fingerprint density at radius 1 is 0.714 bits per heavy atom. The van der Waals surface area contributed by atoms with E-state index in [0.717, 1.165) is 19.3 Å². The zero-order chi connectivity index (χ0) is 31.3. The van der Waals surface area contributed by atoms with Crippen LogP contribution in [0.5, 0.6) is 0 Å². The third-order valence-electron chi connectivity index (χ3n) is 7.84. The Bertz CT molecular complexity index is 666. The zero-order valence-corrected chi connectivity index (χ0v) is 25.3. The molecule has 0 aromatic rings. The van der Waals surface area contributed by atoms with Crippen LogP contribution < -0.4 is 0 Å². The summed E-state index contributed by atoms with van der Waals surface area (Å²) in [6.45, 7) is 0.00920. The van der Waals surface area contributed by atoms with Crippen molar-refractivity contribution in [1.82, 2.24) is 0 Å². The maximum absolute atomic E-state index is 12.1. The molecule has 8 N–H and O–H groups in total. The molecular weight excluding hydrogens is 552 g/mol. The molecule has 9 atom stereocenters. The van der Waals surface area contributed by atoms with E-state index in [1.165, 1.54) is 70.6 Å². The van der Waals surface area contributed by atoms with Crippen LogP contribution in [0.3, 0.4) is 0 Å². The highest BCUT2D eigenvalue weighted by Crippen LogP contribution is 2.25. The van der Waals surface area contributed by atoms with Gasteiger partial charge in [-0.3, -0.25) is 4.79 Å². The Labute approximate surface area is 250 Å². The molecule has 0 bridgehead atoms. The summed E-state index contributed by atoms with van der Waals surface area (Å²) in [6, 6.07) is 0. The van der Waals surface area contributed by atoms with Crippen molar-refractivity contribution in [3.8, 4) is 0 Å². The number of hydrogen-bond acceptors (Lipinski definition) is 12. The third-order valence-corrected chi connectivity index (χ3v) is 7.84. The minimum Gasteiger partial charge on any atom is -0.463 e. The number of unbranched alkanes of at least 4 members (excludes halogenated alkanes) is 14. The molecule has 1 aliphatic heterocycles. The Hall–Kier alpha value is -0.930. The van der Waals surface area contributed by atoms with E-state index in [9.17, 15) is 45.6 Å². The van der Waals surface area contributed by atoms with Crippen molar-refractivity contribution in [2.24, 2.45) is 0 Å². The first-order valence-corrected chi connectivity index (χ1v) is 15.9. The molecule has 1 aliphatic rings. The second-order valence-electron chi connectivity index (χ2n) is 11.5. The first-order valence-electron chi connectivity index (χ1n) is 15.9. The van der Waals surface area contributed by atoms with E-state index in [1.807, 2.05) is 0 Å². The summed E-state index contributed by atoms with van der Waals surface area (Å²) in [7, 11) is 0. The maximum atomic E-state index is 12.1. The van der Waals surface area contributed by atoms with Crippen molar-refractivity contribution in [1.29, 1.82) is 0 Å². The van der Waals surface area contributed by atoms with E-state index in [-0.39, 0.29) is 6.42 Å². The second kappa shape index (κ2) is 23.5.